The number of para-hydroxylation sites is 1. The zero-order valence-corrected chi connectivity index (χ0v) is 22.1. The summed E-state index contributed by atoms with van der Waals surface area (Å²) in [5.41, 5.74) is 1.77. The predicted molar refractivity (Wildman–Crippen MR) is 147 cm³/mol. The third-order valence-corrected chi connectivity index (χ3v) is 6.07. The molecule has 8 nitrogen and oxygen atoms in total. The number of carbonyl (C=O) groups is 1. The number of hydrogen-bond acceptors (Lipinski definition) is 7. The molecule has 0 N–H and O–H groups in total. The van der Waals surface area contributed by atoms with Gasteiger partial charge in [0.2, 0.25) is 0 Å². The van der Waals surface area contributed by atoms with Crippen LogP contribution in [-0.4, -0.2) is 41.7 Å². The highest BCUT2D eigenvalue weighted by atomic mass is 127. The van der Waals surface area contributed by atoms with Crippen molar-refractivity contribution >= 4 is 45.7 Å². The fraction of sp³-hybridized carbons (Fsp3) is 0.185. The maximum absolute atomic E-state index is 13.4. The van der Waals surface area contributed by atoms with Crippen LogP contribution in [0.4, 0.5) is 0 Å². The zero-order valence-electron chi connectivity index (χ0n) is 20.0. The van der Waals surface area contributed by atoms with Crippen molar-refractivity contribution in [1.29, 1.82) is 0 Å². The standard InChI is InChI=1S/C27H24IN3O5/c1-4-35-23-15-18(14-21(28)24(23)36-17(2)27(33)34-3)16-29-31-25(19-10-6-5-7-11-19)30-22-13-9-8-12-20(22)26(31)32/h5-17H,4H2,1-3H3/t17-/m1/s1. The SMILES string of the molecule is CCOc1cc(C=Nn2c(-c3ccccc3)nc3ccccc3c2=O)cc(I)c1O[C@H](C)C(=O)OC. The van der Waals surface area contributed by atoms with Crippen molar-refractivity contribution in [3.63, 3.8) is 0 Å². The number of nitrogens with zero attached hydrogens (tertiary/aromatic N) is 3. The average Bonchev–Trinajstić information content (AvgIpc) is 2.90. The van der Waals surface area contributed by atoms with Gasteiger partial charge in [-0.05, 0) is 66.3 Å². The van der Waals surface area contributed by atoms with E-state index in [9.17, 15) is 9.59 Å². The number of aromatic nitrogens is 2. The molecule has 0 radical (unpaired) electrons. The fourth-order valence-electron chi connectivity index (χ4n) is 3.56. The molecule has 184 valence electrons. The number of hydrogen-bond donors (Lipinski definition) is 0. The fourth-order valence-corrected chi connectivity index (χ4v) is 4.31. The lowest BCUT2D eigenvalue weighted by Crippen LogP contribution is -2.25. The molecule has 0 amide bonds. The van der Waals surface area contributed by atoms with Crippen molar-refractivity contribution in [3.8, 4) is 22.9 Å². The summed E-state index contributed by atoms with van der Waals surface area (Å²) < 4.78 is 18.4. The maximum Gasteiger partial charge on any atom is 0.346 e. The normalized spacial score (nSPS) is 12.0. The quantitative estimate of drug-likeness (QED) is 0.163. The molecule has 0 aliphatic carbocycles. The van der Waals surface area contributed by atoms with Gasteiger partial charge in [-0.25, -0.2) is 9.78 Å². The lowest BCUT2D eigenvalue weighted by Gasteiger charge is -2.18. The van der Waals surface area contributed by atoms with Crippen molar-refractivity contribution < 1.29 is 19.0 Å². The first-order valence-corrected chi connectivity index (χ1v) is 12.3. The van der Waals surface area contributed by atoms with Gasteiger partial charge in [0, 0.05) is 5.56 Å². The Labute approximate surface area is 221 Å². The largest absolute Gasteiger partial charge is 0.490 e. The summed E-state index contributed by atoms with van der Waals surface area (Å²) in [6.07, 6.45) is 0.764. The van der Waals surface area contributed by atoms with Gasteiger partial charge < -0.3 is 14.2 Å². The maximum atomic E-state index is 13.4. The summed E-state index contributed by atoms with van der Waals surface area (Å²) in [7, 11) is 1.31. The van der Waals surface area contributed by atoms with E-state index in [-0.39, 0.29) is 5.56 Å². The summed E-state index contributed by atoms with van der Waals surface area (Å²) in [4.78, 5) is 29.9. The second-order valence-electron chi connectivity index (χ2n) is 7.73. The lowest BCUT2D eigenvalue weighted by molar-refractivity contribution is -0.148. The lowest BCUT2D eigenvalue weighted by atomic mass is 10.2. The number of rotatable bonds is 8. The Hall–Kier alpha value is -3.73. The second-order valence-corrected chi connectivity index (χ2v) is 8.89. The van der Waals surface area contributed by atoms with Gasteiger partial charge in [0.25, 0.3) is 5.56 Å². The number of fused-ring (bicyclic) bond motifs is 1. The topological polar surface area (TPSA) is 92.0 Å². The summed E-state index contributed by atoms with van der Waals surface area (Å²) >= 11 is 2.11. The number of esters is 1. The van der Waals surface area contributed by atoms with Crippen LogP contribution in [0.5, 0.6) is 11.5 Å². The molecule has 4 rings (SSSR count). The van der Waals surface area contributed by atoms with Crippen molar-refractivity contribution in [2.24, 2.45) is 5.10 Å². The van der Waals surface area contributed by atoms with Crippen molar-refractivity contribution in [2.75, 3.05) is 13.7 Å². The van der Waals surface area contributed by atoms with E-state index in [1.165, 1.54) is 11.8 Å². The van der Waals surface area contributed by atoms with Crippen LogP contribution in [0.1, 0.15) is 19.4 Å². The molecule has 4 aromatic rings. The Kier molecular flexibility index (Phi) is 7.99. The Morgan fingerprint density at radius 3 is 2.58 bits per heavy atom. The first kappa shape index (κ1) is 25.4. The molecule has 0 bridgehead atoms. The van der Waals surface area contributed by atoms with Crippen molar-refractivity contribution in [3.05, 3.63) is 86.2 Å². The van der Waals surface area contributed by atoms with E-state index >= 15 is 0 Å². The third kappa shape index (κ3) is 5.40. The summed E-state index contributed by atoms with van der Waals surface area (Å²) in [5.74, 6) is 0.827. The van der Waals surface area contributed by atoms with E-state index in [4.69, 9.17) is 19.2 Å². The van der Waals surface area contributed by atoms with Gasteiger partial charge in [0.15, 0.2) is 23.4 Å². The summed E-state index contributed by atoms with van der Waals surface area (Å²) in [6.45, 7) is 3.86. The third-order valence-electron chi connectivity index (χ3n) is 5.27. The second kappa shape index (κ2) is 11.3. The number of carbonyl (C=O) groups excluding carboxylic acids is 1. The minimum absolute atomic E-state index is 0.276. The molecule has 36 heavy (non-hydrogen) atoms. The van der Waals surface area contributed by atoms with Crippen LogP contribution in [-0.2, 0) is 9.53 Å². The number of benzene rings is 3. The van der Waals surface area contributed by atoms with Crippen LogP contribution in [0.2, 0.25) is 0 Å². The van der Waals surface area contributed by atoms with E-state index in [1.807, 2.05) is 55.5 Å². The monoisotopic (exact) mass is 597 g/mol. The van der Waals surface area contributed by atoms with Gasteiger partial charge >= 0.3 is 5.97 Å². The van der Waals surface area contributed by atoms with Gasteiger partial charge in [0.1, 0.15) is 0 Å². The first-order chi connectivity index (χ1) is 17.4. The van der Waals surface area contributed by atoms with Gasteiger partial charge in [-0.2, -0.15) is 9.78 Å². The van der Waals surface area contributed by atoms with Crippen LogP contribution < -0.4 is 15.0 Å². The minimum atomic E-state index is -0.807. The highest BCUT2D eigenvalue weighted by Gasteiger charge is 2.20. The number of ether oxygens (including phenoxy) is 3. The molecular weight excluding hydrogens is 573 g/mol. The van der Waals surface area contributed by atoms with Crippen molar-refractivity contribution in [1.82, 2.24) is 9.66 Å². The Morgan fingerprint density at radius 2 is 1.86 bits per heavy atom. The predicted octanol–water partition coefficient (Wildman–Crippen LogP) is 4.89. The molecule has 0 spiro atoms. The molecular formula is C27H24IN3O5. The van der Waals surface area contributed by atoms with Gasteiger partial charge in [-0.15, -0.1) is 0 Å². The summed E-state index contributed by atoms with van der Waals surface area (Å²) in [5, 5.41) is 4.99. The molecule has 0 unspecified atom stereocenters. The molecule has 0 saturated carbocycles. The molecule has 0 saturated heterocycles. The zero-order chi connectivity index (χ0) is 25.7. The average molecular weight is 597 g/mol. The Morgan fingerprint density at radius 1 is 1.14 bits per heavy atom. The first-order valence-electron chi connectivity index (χ1n) is 11.2. The van der Waals surface area contributed by atoms with E-state index in [0.29, 0.717) is 44.0 Å². The number of halogens is 1. The van der Waals surface area contributed by atoms with E-state index < -0.39 is 12.1 Å². The molecule has 1 aromatic heterocycles. The van der Waals surface area contributed by atoms with Crippen LogP contribution in [0.15, 0.2) is 76.6 Å². The molecule has 0 fully saturated rings. The van der Waals surface area contributed by atoms with Gasteiger partial charge in [-0.3, -0.25) is 4.79 Å². The van der Waals surface area contributed by atoms with Crippen LogP contribution in [0.25, 0.3) is 22.3 Å². The highest BCUT2D eigenvalue weighted by molar-refractivity contribution is 14.1. The molecule has 3 aromatic carbocycles. The van der Waals surface area contributed by atoms with E-state index in [2.05, 4.69) is 27.7 Å². The molecule has 0 aliphatic heterocycles. The van der Waals surface area contributed by atoms with E-state index in [1.54, 1.807) is 31.3 Å². The van der Waals surface area contributed by atoms with E-state index in [0.717, 1.165) is 5.56 Å². The smallest absolute Gasteiger partial charge is 0.346 e. The number of methoxy groups -OCH3 is 1. The van der Waals surface area contributed by atoms with Crippen LogP contribution in [0.3, 0.4) is 0 Å². The summed E-state index contributed by atoms with van der Waals surface area (Å²) in [6, 6.07) is 20.2. The Balaban J connectivity index is 1.79. The molecule has 0 aliphatic rings. The van der Waals surface area contributed by atoms with Gasteiger partial charge in [-0.1, -0.05) is 42.5 Å². The molecule has 9 heteroatoms. The minimum Gasteiger partial charge on any atom is -0.490 e. The Bertz CT molecular complexity index is 1480. The van der Waals surface area contributed by atoms with Crippen molar-refractivity contribution in [2.45, 2.75) is 20.0 Å². The molecule has 1 atom stereocenters. The van der Waals surface area contributed by atoms with Crippen LogP contribution >= 0.6 is 22.6 Å². The van der Waals surface area contributed by atoms with Gasteiger partial charge in [0.05, 0.1) is 34.4 Å². The molecule has 1 heterocycles. The highest BCUT2D eigenvalue weighted by Crippen LogP contribution is 2.35. The van der Waals surface area contributed by atoms with Crippen LogP contribution in [0, 0.1) is 3.57 Å².